The molecule has 1 aromatic carbocycles. The van der Waals surface area contributed by atoms with Crippen LogP contribution >= 0.6 is 11.6 Å². The number of hydrogen-bond acceptors (Lipinski definition) is 2. The summed E-state index contributed by atoms with van der Waals surface area (Å²) < 4.78 is 12.9. The van der Waals surface area contributed by atoms with Gasteiger partial charge in [-0.25, -0.2) is 4.39 Å². The minimum absolute atomic E-state index is 0.330. The maximum absolute atomic E-state index is 12.9. The van der Waals surface area contributed by atoms with Gasteiger partial charge in [0.05, 0.1) is 5.41 Å². The smallest absolute Gasteiger partial charge is 0.310 e. The van der Waals surface area contributed by atoms with Gasteiger partial charge in [-0.3, -0.25) is 4.79 Å². The van der Waals surface area contributed by atoms with Gasteiger partial charge in [0.15, 0.2) is 0 Å². The molecule has 5 heteroatoms. The Balaban J connectivity index is 2.83. The average Bonchev–Trinajstić information content (AvgIpc) is 2.27. The van der Waals surface area contributed by atoms with Crippen LogP contribution in [0.5, 0.6) is 0 Å². The molecule has 106 valence electrons. The molecule has 0 unspecified atom stereocenters. The third kappa shape index (κ3) is 3.45. The normalized spacial score (nSPS) is 12.5. The molecule has 0 amide bonds. The zero-order valence-corrected chi connectivity index (χ0v) is 12.3. The molecule has 19 heavy (non-hydrogen) atoms. The van der Waals surface area contributed by atoms with Gasteiger partial charge < -0.3 is 10.4 Å². The van der Waals surface area contributed by atoms with Gasteiger partial charge in [-0.2, -0.15) is 0 Å². The number of nitrogens with one attached hydrogen (secondary N) is 1. The summed E-state index contributed by atoms with van der Waals surface area (Å²) in [4.78, 5) is 11.3. The van der Waals surface area contributed by atoms with E-state index in [0.29, 0.717) is 11.6 Å². The van der Waals surface area contributed by atoms with Crippen molar-refractivity contribution in [2.75, 3.05) is 0 Å². The van der Waals surface area contributed by atoms with Gasteiger partial charge in [0.25, 0.3) is 0 Å². The van der Waals surface area contributed by atoms with Crippen molar-refractivity contribution in [2.45, 2.75) is 39.8 Å². The number of carbonyl (C=O) groups is 1. The van der Waals surface area contributed by atoms with E-state index in [0.717, 1.165) is 5.56 Å². The number of halogens is 2. The maximum Gasteiger partial charge on any atom is 0.310 e. The predicted octanol–water partition coefficient (Wildman–Crippen LogP) is 3.46. The quantitative estimate of drug-likeness (QED) is 0.872. The van der Waals surface area contributed by atoms with Crippen LogP contribution in [0, 0.1) is 11.2 Å². The van der Waals surface area contributed by atoms with E-state index in [-0.39, 0.29) is 5.82 Å². The van der Waals surface area contributed by atoms with E-state index >= 15 is 0 Å². The molecule has 0 fully saturated rings. The summed E-state index contributed by atoms with van der Waals surface area (Å²) in [7, 11) is 0. The molecule has 0 aliphatic carbocycles. The van der Waals surface area contributed by atoms with Crippen LogP contribution in [0.4, 0.5) is 4.39 Å². The van der Waals surface area contributed by atoms with E-state index in [1.165, 1.54) is 12.1 Å². The van der Waals surface area contributed by atoms with Crippen molar-refractivity contribution >= 4 is 17.6 Å². The maximum atomic E-state index is 12.9. The van der Waals surface area contributed by atoms with Crippen LogP contribution in [0.1, 0.15) is 33.3 Å². The van der Waals surface area contributed by atoms with Gasteiger partial charge in [-0.15, -0.1) is 0 Å². The number of rotatable bonds is 5. The second kappa shape index (κ2) is 5.47. The Morgan fingerprint density at radius 1 is 1.37 bits per heavy atom. The Labute approximate surface area is 117 Å². The summed E-state index contributed by atoms with van der Waals surface area (Å²) in [5, 5.41) is 12.7. The highest BCUT2D eigenvalue weighted by atomic mass is 35.5. The predicted molar refractivity (Wildman–Crippen MR) is 73.7 cm³/mol. The lowest BCUT2D eigenvalue weighted by molar-refractivity contribution is -0.151. The molecule has 3 nitrogen and oxygen atoms in total. The molecule has 0 aliphatic heterocycles. The summed E-state index contributed by atoms with van der Waals surface area (Å²) in [5.74, 6) is -1.27. The van der Waals surface area contributed by atoms with Crippen molar-refractivity contribution in [2.24, 2.45) is 5.41 Å². The molecular formula is C14H19ClFNO2. The SMILES string of the molecule is CC(C)(NCc1ccc(F)cc1Cl)C(C)(C)C(=O)O. The van der Waals surface area contributed by atoms with Gasteiger partial charge in [0.1, 0.15) is 5.82 Å². The van der Waals surface area contributed by atoms with Crippen molar-refractivity contribution in [3.05, 3.63) is 34.6 Å². The zero-order valence-electron chi connectivity index (χ0n) is 11.6. The van der Waals surface area contributed by atoms with E-state index in [2.05, 4.69) is 5.32 Å². The summed E-state index contributed by atoms with van der Waals surface area (Å²) in [6.07, 6.45) is 0. The number of carboxylic acids is 1. The number of hydrogen-bond donors (Lipinski definition) is 2. The third-order valence-electron chi connectivity index (χ3n) is 3.83. The monoisotopic (exact) mass is 287 g/mol. The van der Waals surface area contributed by atoms with Crippen molar-refractivity contribution in [3.63, 3.8) is 0 Å². The fourth-order valence-electron chi connectivity index (χ4n) is 1.47. The summed E-state index contributed by atoms with van der Waals surface area (Å²) in [6.45, 7) is 7.34. The Morgan fingerprint density at radius 3 is 2.42 bits per heavy atom. The van der Waals surface area contributed by atoms with Crippen LogP contribution < -0.4 is 5.32 Å². The lowest BCUT2D eigenvalue weighted by atomic mass is 9.74. The fraction of sp³-hybridized carbons (Fsp3) is 0.500. The van der Waals surface area contributed by atoms with E-state index in [1.54, 1.807) is 19.9 Å². The minimum Gasteiger partial charge on any atom is -0.481 e. The zero-order chi connectivity index (χ0) is 14.8. The first-order valence-corrected chi connectivity index (χ1v) is 6.38. The summed E-state index contributed by atoms with van der Waals surface area (Å²) >= 11 is 5.94. The molecule has 1 rings (SSSR count). The molecule has 0 saturated carbocycles. The van der Waals surface area contributed by atoms with E-state index < -0.39 is 16.9 Å². The van der Waals surface area contributed by atoms with Crippen molar-refractivity contribution in [3.8, 4) is 0 Å². The Bertz CT molecular complexity index is 486. The van der Waals surface area contributed by atoms with Crippen LogP contribution in [0.25, 0.3) is 0 Å². The molecule has 0 aromatic heterocycles. The third-order valence-corrected chi connectivity index (χ3v) is 4.18. The molecule has 0 aliphatic rings. The number of aliphatic carboxylic acids is 1. The van der Waals surface area contributed by atoms with E-state index in [4.69, 9.17) is 11.6 Å². The molecule has 0 spiro atoms. The summed E-state index contributed by atoms with van der Waals surface area (Å²) in [6, 6.07) is 4.17. The van der Waals surface area contributed by atoms with Gasteiger partial charge in [0.2, 0.25) is 0 Å². The summed E-state index contributed by atoms with van der Waals surface area (Å²) in [5.41, 5.74) is -0.854. The molecule has 0 bridgehead atoms. The second-order valence-corrected chi connectivity index (χ2v) is 6.05. The van der Waals surface area contributed by atoms with Crippen LogP contribution in [0.2, 0.25) is 5.02 Å². The first-order valence-electron chi connectivity index (χ1n) is 6.00. The second-order valence-electron chi connectivity index (χ2n) is 5.64. The lowest BCUT2D eigenvalue weighted by Crippen LogP contribution is -2.54. The van der Waals surface area contributed by atoms with Crippen molar-refractivity contribution in [1.82, 2.24) is 5.32 Å². The first kappa shape index (κ1) is 15.9. The van der Waals surface area contributed by atoms with Crippen molar-refractivity contribution in [1.29, 1.82) is 0 Å². The molecule has 0 atom stereocenters. The molecule has 2 N–H and O–H groups in total. The standard InChI is InChI=1S/C14H19ClFNO2/c1-13(2,12(18)19)14(3,4)17-8-9-5-6-10(16)7-11(9)15/h5-7,17H,8H2,1-4H3,(H,18,19). The fourth-order valence-corrected chi connectivity index (χ4v) is 1.70. The van der Waals surface area contributed by atoms with Crippen molar-refractivity contribution < 1.29 is 14.3 Å². The highest BCUT2D eigenvalue weighted by Gasteiger charge is 2.43. The molecule has 0 saturated heterocycles. The molecule has 0 heterocycles. The number of benzene rings is 1. The molecular weight excluding hydrogens is 269 g/mol. The number of carboxylic acid groups (broad SMARTS) is 1. The first-order chi connectivity index (χ1) is 8.58. The lowest BCUT2D eigenvalue weighted by Gasteiger charge is -2.39. The Morgan fingerprint density at radius 2 is 1.95 bits per heavy atom. The van der Waals surface area contributed by atoms with Gasteiger partial charge in [-0.05, 0) is 45.4 Å². The largest absolute Gasteiger partial charge is 0.481 e. The van der Waals surface area contributed by atoms with Gasteiger partial charge in [-0.1, -0.05) is 17.7 Å². The minimum atomic E-state index is -0.945. The van der Waals surface area contributed by atoms with Crippen LogP contribution in [0.3, 0.4) is 0 Å². The van der Waals surface area contributed by atoms with E-state index in [1.807, 2.05) is 13.8 Å². The highest BCUT2D eigenvalue weighted by molar-refractivity contribution is 6.31. The van der Waals surface area contributed by atoms with Gasteiger partial charge >= 0.3 is 5.97 Å². The Kier molecular flexibility index (Phi) is 4.59. The average molecular weight is 288 g/mol. The molecule has 1 aromatic rings. The molecule has 0 radical (unpaired) electrons. The van der Waals surface area contributed by atoms with Crippen LogP contribution in [-0.4, -0.2) is 16.6 Å². The highest BCUT2D eigenvalue weighted by Crippen LogP contribution is 2.31. The topological polar surface area (TPSA) is 49.3 Å². The van der Waals surface area contributed by atoms with Crippen LogP contribution in [0.15, 0.2) is 18.2 Å². The van der Waals surface area contributed by atoms with Gasteiger partial charge in [0, 0.05) is 17.1 Å². The Hall–Kier alpha value is -1.13. The van der Waals surface area contributed by atoms with Crippen LogP contribution in [-0.2, 0) is 11.3 Å². The van der Waals surface area contributed by atoms with E-state index in [9.17, 15) is 14.3 Å².